The maximum absolute atomic E-state index is 2.68. The van der Waals surface area contributed by atoms with Crippen LogP contribution in [0.1, 0.15) is 33.1 Å². The normalized spacial score (nSPS) is 39.8. The number of hydrogen-bond donors (Lipinski definition) is 0. The molecule has 0 aromatic carbocycles. The third-order valence-corrected chi connectivity index (χ3v) is 3.53. The van der Waals surface area contributed by atoms with Gasteiger partial charge >= 0.3 is 0 Å². The van der Waals surface area contributed by atoms with Crippen molar-refractivity contribution in [3.63, 3.8) is 0 Å². The Balaban J connectivity index is 1.87. The lowest BCUT2D eigenvalue weighted by atomic mass is 9.71. The van der Waals surface area contributed by atoms with Crippen molar-refractivity contribution >= 4 is 0 Å². The molecule has 2 aliphatic heterocycles. The van der Waals surface area contributed by atoms with Crippen LogP contribution in [0.4, 0.5) is 0 Å². The maximum atomic E-state index is 2.68. The quantitative estimate of drug-likeness (QED) is 0.587. The summed E-state index contributed by atoms with van der Waals surface area (Å²) in [6.07, 6.45) is 4.39. The number of fused-ring (bicyclic) bond motifs is 2. The van der Waals surface area contributed by atoms with Gasteiger partial charge in [-0.05, 0) is 38.0 Å². The second kappa shape index (κ2) is 2.78. The summed E-state index contributed by atoms with van der Waals surface area (Å²) >= 11 is 0. The molecule has 0 radical (unpaired) electrons. The predicted octanol–water partition coefficient (Wildman–Crippen LogP) is 2.13. The summed E-state index contributed by atoms with van der Waals surface area (Å²) < 4.78 is 0. The van der Waals surface area contributed by atoms with Crippen LogP contribution in [-0.2, 0) is 0 Å². The molecule has 0 aromatic rings. The van der Waals surface area contributed by atoms with Crippen molar-refractivity contribution in [2.24, 2.45) is 11.8 Å². The summed E-state index contributed by atoms with van der Waals surface area (Å²) in [5, 5.41) is 0. The first kappa shape index (κ1) is 7.60. The van der Waals surface area contributed by atoms with Gasteiger partial charge in [0.05, 0.1) is 0 Å². The summed E-state index contributed by atoms with van der Waals surface area (Å²) in [6.45, 7) is 7.45. The van der Waals surface area contributed by atoms with E-state index in [4.69, 9.17) is 0 Å². The molecule has 3 aliphatic rings. The van der Waals surface area contributed by atoms with Crippen LogP contribution < -0.4 is 0 Å². The van der Waals surface area contributed by atoms with E-state index >= 15 is 0 Å². The zero-order valence-corrected chi connectivity index (χ0v) is 7.71. The molecule has 3 fully saturated rings. The first-order chi connectivity index (χ1) is 5.29. The highest BCUT2D eigenvalue weighted by molar-refractivity contribution is 4.90. The molecular formula is C10H19N. The second-order valence-electron chi connectivity index (χ2n) is 4.41. The summed E-state index contributed by atoms with van der Waals surface area (Å²) in [5.41, 5.74) is 0. The lowest BCUT2D eigenvalue weighted by Crippen LogP contribution is -2.51. The zero-order chi connectivity index (χ0) is 7.84. The molecule has 2 saturated heterocycles. The SMILES string of the molecule is CCC(C)N1CC2CC(C2)C1. The van der Waals surface area contributed by atoms with Crippen LogP contribution in [0.25, 0.3) is 0 Å². The van der Waals surface area contributed by atoms with Crippen molar-refractivity contribution < 1.29 is 0 Å². The van der Waals surface area contributed by atoms with E-state index in [0.717, 1.165) is 17.9 Å². The molecular weight excluding hydrogens is 134 g/mol. The summed E-state index contributed by atoms with van der Waals surface area (Å²) in [5.74, 6) is 2.14. The molecule has 0 N–H and O–H groups in total. The lowest BCUT2D eigenvalue weighted by molar-refractivity contribution is 0.00478. The minimum atomic E-state index is 0.834. The molecule has 2 bridgehead atoms. The van der Waals surface area contributed by atoms with Crippen LogP contribution in [0.15, 0.2) is 0 Å². The Bertz CT molecular complexity index is 128. The zero-order valence-electron chi connectivity index (χ0n) is 7.71. The summed E-state index contributed by atoms with van der Waals surface area (Å²) in [7, 11) is 0. The standard InChI is InChI=1S/C10H19N/c1-3-8(2)11-6-9-4-10(5-9)7-11/h8-10H,3-7H2,1-2H3. The Morgan fingerprint density at radius 3 is 2.27 bits per heavy atom. The molecule has 0 amide bonds. The van der Waals surface area contributed by atoms with E-state index in [-0.39, 0.29) is 0 Å². The molecule has 2 heterocycles. The third kappa shape index (κ3) is 1.31. The maximum Gasteiger partial charge on any atom is 0.00645 e. The molecule has 0 spiro atoms. The minimum absolute atomic E-state index is 0.834. The molecule has 1 heteroatoms. The molecule has 3 rings (SSSR count). The monoisotopic (exact) mass is 153 g/mol. The van der Waals surface area contributed by atoms with Crippen molar-refractivity contribution in [3.05, 3.63) is 0 Å². The Morgan fingerprint density at radius 2 is 1.82 bits per heavy atom. The summed E-state index contributed by atoms with van der Waals surface area (Å²) in [4.78, 5) is 2.68. The van der Waals surface area contributed by atoms with Gasteiger partial charge in [-0.3, -0.25) is 0 Å². The van der Waals surface area contributed by atoms with Gasteiger partial charge in [-0.2, -0.15) is 0 Å². The van der Waals surface area contributed by atoms with Crippen molar-refractivity contribution in [3.8, 4) is 0 Å². The van der Waals surface area contributed by atoms with E-state index in [2.05, 4.69) is 18.7 Å². The average Bonchev–Trinajstić information content (AvgIpc) is 2.02. The minimum Gasteiger partial charge on any atom is -0.300 e. The molecule has 1 unspecified atom stereocenters. The topological polar surface area (TPSA) is 3.24 Å². The highest BCUT2D eigenvalue weighted by Gasteiger charge is 2.37. The fourth-order valence-corrected chi connectivity index (χ4v) is 2.53. The molecule has 1 nitrogen and oxygen atoms in total. The Kier molecular flexibility index (Phi) is 1.92. The number of piperidine rings is 2. The van der Waals surface area contributed by atoms with Gasteiger partial charge in [-0.15, -0.1) is 0 Å². The van der Waals surface area contributed by atoms with Gasteiger partial charge in [0.2, 0.25) is 0 Å². The summed E-state index contributed by atoms with van der Waals surface area (Å²) in [6, 6.07) is 0.834. The van der Waals surface area contributed by atoms with Gasteiger partial charge in [0.25, 0.3) is 0 Å². The van der Waals surface area contributed by atoms with E-state index in [1.54, 1.807) is 0 Å². The van der Waals surface area contributed by atoms with Crippen molar-refractivity contribution in [2.75, 3.05) is 13.1 Å². The lowest BCUT2D eigenvalue weighted by Gasteiger charge is -2.49. The van der Waals surface area contributed by atoms with Crippen molar-refractivity contribution in [1.29, 1.82) is 0 Å². The Hall–Kier alpha value is -0.0400. The molecule has 11 heavy (non-hydrogen) atoms. The molecule has 0 aromatic heterocycles. The van der Waals surface area contributed by atoms with Gasteiger partial charge in [-0.1, -0.05) is 6.92 Å². The van der Waals surface area contributed by atoms with Gasteiger partial charge in [0, 0.05) is 19.1 Å². The second-order valence-corrected chi connectivity index (χ2v) is 4.41. The predicted molar refractivity (Wildman–Crippen MR) is 47.5 cm³/mol. The number of rotatable bonds is 2. The fraction of sp³-hybridized carbons (Fsp3) is 1.00. The smallest absolute Gasteiger partial charge is 0.00645 e. The van der Waals surface area contributed by atoms with Gasteiger partial charge in [-0.25, -0.2) is 0 Å². The first-order valence-corrected chi connectivity index (χ1v) is 5.03. The molecule has 1 atom stereocenters. The van der Waals surface area contributed by atoms with Crippen LogP contribution in [0.2, 0.25) is 0 Å². The average molecular weight is 153 g/mol. The van der Waals surface area contributed by atoms with Crippen LogP contribution >= 0.6 is 0 Å². The van der Waals surface area contributed by atoms with E-state index in [1.807, 2.05) is 0 Å². The van der Waals surface area contributed by atoms with Crippen LogP contribution in [0.3, 0.4) is 0 Å². The third-order valence-electron chi connectivity index (χ3n) is 3.53. The first-order valence-electron chi connectivity index (χ1n) is 5.03. The fourth-order valence-electron chi connectivity index (χ4n) is 2.53. The van der Waals surface area contributed by atoms with E-state index in [9.17, 15) is 0 Å². The Morgan fingerprint density at radius 1 is 1.27 bits per heavy atom. The van der Waals surface area contributed by atoms with Gasteiger partial charge in [0.1, 0.15) is 0 Å². The highest BCUT2D eigenvalue weighted by Crippen LogP contribution is 2.40. The van der Waals surface area contributed by atoms with Gasteiger partial charge < -0.3 is 4.90 Å². The van der Waals surface area contributed by atoms with Crippen molar-refractivity contribution in [1.82, 2.24) is 4.90 Å². The van der Waals surface area contributed by atoms with E-state index in [0.29, 0.717) is 0 Å². The largest absolute Gasteiger partial charge is 0.300 e. The van der Waals surface area contributed by atoms with Crippen LogP contribution in [0, 0.1) is 11.8 Å². The number of hydrogen-bond acceptors (Lipinski definition) is 1. The van der Waals surface area contributed by atoms with Gasteiger partial charge in [0.15, 0.2) is 0 Å². The van der Waals surface area contributed by atoms with Crippen molar-refractivity contribution in [2.45, 2.75) is 39.2 Å². The highest BCUT2D eigenvalue weighted by atomic mass is 15.2. The van der Waals surface area contributed by atoms with E-state index in [1.165, 1.54) is 32.4 Å². The molecule has 64 valence electrons. The Labute approximate surface area is 69.8 Å². The molecule has 1 aliphatic carbocycles. The molecule has 1 saturated carbocycles. The number of nitrogens with zero attached hydrogens (tertiary/aromatic N) is 1. The van der Waals surface area contributed by atoms with Crippen LogP contribution in [-0.4, -0.2) is 24.0 Å². The van der Waals surface area contributed by atoms with E-state index < -0.39 is 0 Å². The van der Waals surface area contributed by atoms with Crippen LogP contribution in [0.5, 0.6) is 0 Å².